The molecule has 1 atom stereocenters. The molecule has 0 radical (unpaired) electrons. The summed E-state index contributed by atoms with van der Waals surface area (Å²) >= 11 is 0. The Morgan fingerprint density at radius 3 is 2.55 bits per heavy atom. The van der Waals surface area contributed by atoms with Crippen LogP contribution in [-0.2, 0) is 4.79 Å². The summed E-state index contributed by atoms with van der Waals surface area (Å²) in [5.74, 6) is -1.65. The second kappa shape index (κ2) is 5.45. The van der Waals surface area contributed by atoms with Gasteiger partial charge in [-0.1, -0.05) is 6.07 Å². The highest BCUT2D eigenvalue weighted by atomic mass is 16.4. The monoisotopic (exact) mass is 275 g/mol. The molecule has 1 amide bonds. The molecule has 0 aliphatic carbocycles. The largest absolute Gasteiger partial charge is 0.481 e. The molecule has 0 bridgehead atoms. The number of hydrogen-bond donors (Lipinski definition) is 1. The topological polar surface area (TPSA) is 74.7 Å². The minimum Gasteiger partial charge on any atom is -0.481 e. The summed E-state index contributed by atoms with van der Waals surface area (Å²) in [5, 5.41) is 8.95. The van der Waals surface area contributed by atoms with Crippen LogP contribution in [0.25, 0.3) is 0 Å². The molecule has 1 aromatic carbocycles. The van der Waals surface area contributed by atoms with E-state index in [-0.39, 0.29) is 18.2 Å². The van der Waals surface area contributed by atoms with Crippen LogP contribution in [0.5, 0.6) is 0 Å². The van der Waals surface area contributed by atoms with Gasteiger partial charge in [-0.25, -0.2) is 0 Å². The molecule has 1 unspecified atom stereocenters. The summed E-state index contributed by atoms with van der Waals surface area (Å²) in [5.41, 5.74) is 1.80. The Kier molecular flexibility index (Phi) is 3.88. The number of hydrogen-bond acceptors (Lipinski definition) is 3. The summed E-state index contributed by atoms with van der Waals surface area (Å²) in [4.78, 5) is 36.3. The van der Waals surface area contributed by atoms with Gasteiger partial charge in [-0.15, -0.1) is 0 Å². The Morgan fingerprint density at radius 2 is 2.00 bits per heavy atom. The minimum absolute atomic E-state index is 0.0815. The van der Waals surface area contributed by atoms with Crippen LogP contribution in [0.15, 0.2) is 18.2 Å². The quantitative estimate of drug-likeness (QED) is 0.853. The molecule has 1 fully saturated rings. The summed E-state index contributed by atoms with van der Waals surface area (Å²) in [6, 6.07) is 5.01. The number of aliphatic carboxylic acids is 1. The smallest absolute Gasteiger partial charge is 0.308 e. The first-order valence-electron chi connectivity index (χ1n) is 6.54. The third-order valence-electron chi connectivity index (χ3n) is 3.69. The van der Waals surface area contributed by atoms with Gasteiger partial charge < -0.3 is 10.0 Å². The number of Topliss-reactive ketones (excluding diaryl/α,β-unsaturated/α-hetero) is 1. The van der Waals surface area contributed by atoms with Gasteiger partial charge in [0.1, 0.15) is 0 Å². The highest BCUT2D eigenvalue weighted by Crippen LogP contribution is 2.20. The zero-order chi connectivity index (χ0) is 14.9. The molecular weight excluding hydrogens is 258 g/mol. The molecule has 0 aromatic heterocycles. The third kappa shape index (κ3) is 2.71. The zero-order valence-corrected chi connectivity index (χ0v) is 11.5. The van der Waals surface area contributed by atoms with Crippen LogP contribution in [-0.4, -0.2) is 40.8 Å². The van der Waals surface area contributed by atoms with Crippen molar-refractivity contribution in [3.63, 3.8) is 0 Å². The molecule has 0 spiro atoms. The van der Waals surface area contributed by atoms with Gasteiger partial charge in [0.05, 0.1) is 5.92 Å². The van der Waals surface area contributed by atoms with E-state index in [4.69, 9.17) is 5.11 Å². The summed E-state index contributed by atoms with van der Waals surface area (Å²) in [6.07, 6.45) is 0.479. The number of carbonyl (C=O) groups excluding carboxylic acids is 2. The van der Waals surface area contributed by atoms with Gasteiger partial charge in [0, 0.05) is 24.2 Å². The molecule has 20 heavy (non-hydrogen) atoms. The molecule has 1 aliphatic heterocycles. The standard InChI is InChI=1S/C15H17NO4/c1-9-3-4-11(7-13(9)10(2)17)14(18)16-6-5-12(8-16)15(19)20/h3-4,7,12H,5-6,8H2,1-2H3,(H,19,20). The number of carbonyl (C=O) groups is 3. The van der Waals surface area contributed by atoms with Crippen LogP contribution in [0, 0.1) is 12.8 Å². The molecule has 1 aromatic rings. The van der Waals surface area contributed by atoms with Crippen LogP contribution in [0.4, 0.5) is 0 Å². The second-order valence-corrected chi connectivity index (χ2v) is 5.16. The van der Waals surface area contributed by atoms with Crippen molar-refractivity contribution < 1.29 is 19.5 Å². The number of rotatable bonds is 3. The number of carboxylic acids is 1. The maximum Gasteiger partial charge on any atom is 0.308 e. The maximum absolute atomic E-state index is 12.3. The van der Waals surface area contributed by atoms with Crippen molar-refractivity contribution in [3.05, 3.63) is 34.9 Å². The number of aryl methyl sites for hydroxylation is 1. The average molecular weight is 275 g/mol. The van der Waals surface area contributed by atoms with Crippen molar-refractivity contribution in [2.45, 2.75) is 20.3 Å². The molecular formula is C15H17NO4. The van der Waals surface area contributed by atoms with Gasteiger partial charge in [0.2, 0.25) is 0 Å². The zero-order valence-electron chi connectivity index (χ0n) is 11.5. The van der Waals surface area contributed by atoms with E-state index in [9.17, 15) is 14.4 Å². The molecule has 0 saturated carbocycles. The number of carboxylic acid groups (broad SMARTS) is 1. The summed E-state index contributed by atoms with van der Waals surface area (Å²) in [6.45, 7) is 3.96. The number of ketones is 1. The van der Waals surface area contributed by atoms with E-state index in [2.05, 4.69) is 0 Å². The molecule has 5 heteroatoms. The average Bonchev–Trinajstić information content (AvgIpc) is 2.87. The van der Waals surface area contributed by atoms with E-state index in [1.807, 2.05) is 6.92 Å². The lowest BCUT2D eigenvalue weighted by molar-refractivity contribution is -0.141. The lowest BCUT2D eigenvalue weighted by Crippen LogP contribution is -2.30. The van der Waals surface area contributed by atoms with Crippen molar-refractivity contribution in [1.29, 1.82) is 0 Å². The van der Waals surface area contributed by atoms with Gasteiger partial charge >= 0.3 is 5.97 Å². The van der Waals surface area contributed by atoms with Gasteiger partial charge in [-0.2, -0.15) is 0 Å². The van der Waals surface area contributed by atoms with Crippen LogP contribution in [0.1, 0.15) is 39.6 Å². The second-order valence-electron chi connectivity index (χ2n) is 5.16. The van der Waals surface area contributed by atoms with Crippen molar-refractivity contribution in [1.82, 2.24) is 4.90 Å². The van der Waals surface area contributed by atoms with E-state index in [0.717, 1.165) is 5.56 Å². The molecule has 2 rings (SSSR count). The fraction of sp³-hybridized carbons (Fsp3) is 0.400. The lowest BCUT2D eigenvalue weighted by atomic mass is 10.0. The van der Waals surface area contributed by atoms with E-state index >= 15 is 0 Å². The van der Waals surface area contributed by atoms with Gasteiger partial charge in [-0.05, 0) is 38.0 Å². The highest BCUT2D eigenvalue weighted by molar-refractivity contribution is 6.00. The van der Waals surface area contributed by atoms with E-state index < -0.39 is 11.9 Å². The van der Waals surface area contributed by atoms with Crippen LogP contribution in [0.2, 0.25) is 0 Å². The minimum atomic E-state index is -0.867. The maximum atomic E-state index is 12.3. The van der Waals surface area contributed by atoms with Crippen molar-refractivity contribution in [3.8, 4) is 0 Å². The van der Waals surface area contributed by atoms with Crippen molar-refractivity contribution in [2.75, 3.05) is 13.1 Å². The summed E-state index contributed by atoms with van der Waals surface area (Å²) in [7, 11) is 0. The first kappa shape index (κ1) is 14.2. The number of nitrogens with zero attached hydrogens (tertiary/aromatic N) is 1. The summed E-state index contributed by atoms with van der Waals surface area (Å²) < 4.78 is 0. The molecule has 1 saturated heterocycles. The number of benzene rings is 1. The van der Waals surface area contributed by atoms with Crippen molar-refractivity contribution >= 4 is 17.7 Å². The van der Waals surface area contributed by atoms with Gasteiger partial charge in [-0.3, -0.25) is 14.4 Å². The van der Waals surface area contributed by atoms with Gasteiger partial charge in [0.25, 0.3) is 5.91 Å². The normalized spacial score (nSPS) is 18.1. The SMILES string of the molecule is CC(=O)c1cc(C(=O)N2CCC(C(=O)O)C2)ccc1C. The predicted molar refractivity (Wildman–Crippen MR) is 72.8 cm³/mol. The molecule has 1 aliphatic rings. The van der Waals surface area contributed by atoms with Crippen molar-refractivity contribution in [2.24, 2.45) is 5.92 Å². The van der Waals surface area contributed by atoms with Crippen LogP contribution in [0.3, 0.4) is 0 Å². The van der Waals surface area contributed by atoms with E-state index in [1.165, 1.54) is 11.8 Å². The van der Waals surface area contributed by atoms with E-state index in [0.29, 0.717) is 24.1 Å². The fourth-order valence-electron chi connectivity index (χ4n) is 2.46. The molecule has 1 heterocycles. The highest BCUT2D eigenvalue weighted by Gasteiger charge is 2.31. The third-order valence-corrected chi connectivity index (χ3v) is 3.69. The predicted octanol–water partition coefficient (Wildman–Crippen LogP) is 1.74. The van der Waals surface area contributed by atoms with E-state index in [1.54, 1.807) is 18.2 Å². The lowest BCUT2D eigenvalue weighted by Gasteiger charge is -2.16. The Hall–Kier alpha value is -2.17. The Labute approximate surface area is 117 Å². The number of likely N-dealkylation sites (tertiary alicyclic amines) is 1. The van der Waals surface area contributed by atoms with Crippen LogP contribution >= 0.6 is 0 Å². The Morgan fingerprint density at radius 1 is 1.30 bits per heavy atom. The fourth-order valence-corrected chi connectivity index (χ4v) is 2.46. The first-order chi connectivity index (χ1) is 9.40. The molecule has 106 valence electrons. The van der Waals surface area contributed by atoms with Gasteiger partial charge in [0.15, 0.2) is 5.78 Å². The Balaban J connectivity index is 2.20. The number of amides is 1. The first-order valence-corrected chi connectivity index (χ1v) is 6.54. The van der Waals surface area contributed by atoms with Crippen LogP contribution < -0.4 is 0 Å². The Bertz CT molecular complexity index is 579. The molecule has 1 N–H and O–H groups in total. The molecule has 5 nitrogen and oxygen atoms in total.